The van der Waals surface area contributed by atoms with E-state index in [1.165, 1.54) is 22.6 Å². The predicted octanol–water partition coefficient (Wildman–Crippen LogP) is 3.14. The molecule has 2 nitrogen and oxygen atoms in total. The first-order valence-corrected chi connectivity index (χ1v) is 4.72. The highest BCUT2D eigenvalue weighted by Crippen LogP contribution is 2.26. The second-order valence-electron chi connectivity index (χ2n) is 2.26. The lowest BCUT2D eigenvalue weighted by atomic mass is 10.2. The first-order valence-electron chi connectivity index (χ1n) is 3.27. The van der Waals surface area contributed by atoms with Crippen LogP contribution in [0.15, 0.2) is 6.20 Å². The van der Waals surface area contributed by atoms with Gasteiger partial charge >= 0.3 is 0 Å². The molecule has 0 spiro atoms. The molecular formula is C7H2ClF3INO. The molecular weight excluding hydrogens is 333 g/mol. The van der Waals surface area contributed by atoms with Crippen molar-refractivity contribution in [2.24, 2.45) is 0 Å². The number of carbonyl (C=O) groups excluding carboxylic acids is 1. The lowest BCUT2D eigenvalue weighted by Gasteiger charge is -2.04. The van der Waals surface area contributed by atoms with Gasteiger partial charge in [0.25, 0.3) is 11.7 Å². The molecule has 1 rings (SSSR count). The van der Waals surface area contributed by atoms with E-state index in [1.807, 2.05) is 0 Å². The Morgan fingerprint density at radius 1 is 1.57 bits per heavy atom. The van der Waals surface area contributed by atoms with Crippen LogP contribution < -0.4 is 0 Å². The van der Waals surface area contributed by atoms with Gasteiger partial charge in [-0.15, -0.1) is 0 Å². The van der Waals surface area contributed by atoms with Crippen molar-refractivity contribution in [1.29, 1.82) is 0 Å². The molecule has 0 atom stereocenters. The maximum absolute atomic E-state index is 13.1. The van der Waals surface area contributed by atoms with Crippen molar-refractivity contribution in [2.45, 2.75) is 6.43 Å². The highest BCUT2D eigenvalue weighted by Gasteiger charge is 2.21. The molecule has 0 amide bonds. The molecule has 0 saturated carbocycles. The summed E-state index contributed by atoms with van der Waals surface area (Å²) in [6, 6.07) is 0. The minimum atomic E-state index is -2.96. The summed E-state index contributed by atoms with van der Waals surface area (Å²) in [7, 11) is 0. The Morgan fingerprint density at radius 2 is 2.14 bits per heavy atom. The van der Waals surface area contributed by atoms with Gasteiger partial charge in [0.15, 0.2) is 0 Å². The fourth-order valence-electron chi connectivity index (χ4n) is 0.767. The van der Waals surface area contributed by atoms with Crippen LogP contribution in [-0.2, 0) is 0 Å². The maximum Gasteiger partial charge on any atom is 0.272 e. The Morgan fingerprint density at radius 3 is 2.57 bits per heavy atom. The molecule has 7 heteroatoms. The molecule has 0 radical (unpaired) electrons. The van der Waals surface area contributed by atoms with Gasteiger partial charge < -0.3 is 0 Å². The zero-order valence-corrected chi connectivity index (χ0v) is 9.31. The molecule has 76 valence electrons. The summed E-state index contributed by atoms with van der Waals surface area (Å²) >= 11 is 6.45. The summed E-state index contributed by atoms with van der Waals surface area (Å²) < 4.78 is 37.1. The lowest BCUT2D eigenvalue weighted by molar-refractivity contribution is 0.107. The van der Waals surface area contributed by atoms with E-state index in [9.17, 15) is 18.0 Å². The van der Waals surface area contributed by atoms with E-state index in [1.54, 1.807) is 0 Å². The number of rotatable bonds is 2. The van der Waals surface area contributed by atoms with Gasteiger partial charge in [-0.05, 0) is 34.2 Å². The van der Waals surface area contributed by atoms with E-state index in [4.69, 9.17) is 11.6 Å². The summed E-state index contributed by atoms with van der Waals surface area (Å²) in [5.74, 6) is -1.15. The fraction of sp³-hybridized carbons (Fsp3) is 0.143. The average Bonchev–Trinajstić information content (AvgIpc) is 2.08. The summed E-state index contributed by atoms with van der Waals surface area (Å²) in [5, 5.41) is -0.978. The van der Waals surface area contributed by atoms with Gasteiger partial charge in [0.2, 0.25) is 0 Å². The van der Waals surface area contributed by atoms with Crippen molar-refractivity contribution in [3.63, 3.8) is 0 Å². The number of pyridine rings is 1. The zero-order valence-electron chi connectivity index (χ0n) is 6.40. The van der Waals surface area contributed by atoms with Crippen LogP contribution in [0, 0.1) is 9.39 Å². The molecule has 0 N–H and O–H groups in total. The van der Waals surface area contributed by atoms with E-state index in [0.717, 1.165) is 0 Å². The second-order valence-corrected chi connectivity index (χ2v) is 3.69. The van der Waals surface area contributed by atoms with Crippen molar-refractivity contribution >= 4 is 39.4 Å². The Hall–Kier alpha value is -0.370. The predicted molar refractivity (Wildman–Crippen MR) is 52.1 cm³/mol. The Kier molecular flexibility index (Phi) is 3.71. The van der Waals surface area contributed by atoms with Crippen molar-refractivity contribution in [3.05, 3.63) is 26.8 Å². The average molecular weight is 335 g/mol. The highest BCUT2D eigenvalue weighted by molar-refractivity contribution is 14.1. The number of alkyl halides is 2. The van der Waals surface area contributed by atoms with Gasteiger partial charge in [0.05, 0.1) is 9.13 Å². The Balaban J connectivity index is 3.33. The van der Waals surface area contributed by atoms with E-state index in [2.05, 4.69) is 4.98 Å². The Labute approximate surface area is 95.6 Å². The van der Waals surface area contributed by atoms with Crippen molar-refractivity contribution in [3.8, 4) is 0 Å². The van der Waals surface area contributed by atoms with Crippen LogP contribution in [0.2, 0.25) is 0 Å². The van der Waals surface area contributed by atoms with Gasteiger partial charge in [-0.25, -0.2) is 18.2 Å². The molecule has 0 aromatic carbocycles. The zero-order chi connectivity index (χ0) is 10.9. The van der Waals surface area contributed by atoms with Crippen LogP contribution in [0.3, 0.4) is 0 Å². The monoisotopic (exact) mass is 335 g/mol. The van der Waals surface area contributed by atoms with Crippen LogP contribution in [0.4, 0.5) is 13.2 Å². The van der Waals surface area contributed by atoms with Crippen molar-refractivity contribution in [1.82, 2.24) is 4.98 Å². The smallest absolute Gasteiger partial charge is 0.272 e. The lowest BCUT2D eigenvalue weighted by Crippen LogP contribution is -2.04. The third kappa shape index (κ3) is 2.17. The quantitative estimate of drug-likeness (QED) is 0.614. The normalized spacial score (nSPS) is 10.7. The third-order valence-electron chi connectivity index (χ3n) is 1.41. The van der Waals surface area contributed by atoms with Crippen molar-refractivity contribution < 1.29 is 18.0 Å². The number of carbonyl (C=O) groups is 1. The summed E-state index contributed by atoms with van der Waals surface area (Å²) in [6.45, 7) is 0. The maximum atomic E-state index is 13.1. The molecule has 1 heterocycles. The SMILES string of the molecule is O=C(Cl)c1ncc(C(F)F)c(F)c1I. The van der Waals surface area contributed by atoms with Gasteiger partial charge in [-0.3, -0.25) is 4.79 Å². The molecule has 0 unspecified atom stereocenters. The topological polar surface area (TPSA) is 30.0 Å². The van der Waals surface area contributed by atoms with Gasteiger partial charge in [-0.1, -0.05) is 0 Å². The number of aromatic nitrogens is 1. The summed E-state index contributed by atoms with van der Waals surface area (Å²) in [4.78, 5) is 14.0. The van der Waals surface area contributed by atoms with E-state index in [-0.39, 0.29) is 9.26 Å². The molecule has 0 saturated heterocycles. The minimum absolute atomic E-state index is 0.291. The first kappa shape index (κ1) is 11.7. The molecule has 1 aromatic heterocycles. The summed E-state index contributed by atoms with van der Waals surface area (Å²) in [5.41, 5.74) is -1.19. The van der Waals surface area contributed by atoms with Crippen LogP contribution in [0.1, 0.15) is 22.5 Å². The molecule has 0 bridgehead atoms. The number of nitrogens with zero attached hydrogens (tertiary/aromatic N) is 1. The van der Waals surface area contributed by atoms with Crippen LogP contribution in [0.25, 0.3) is 0 Å². The third-order valence-corrected chi connectivity index (χ3v) is 2.57. The van der Waals surface area contributed by atoms with Gasteiger partial charge in [0, 0.05) is 6.20 Å². The van der Waals surface area contributed by atoms with E-state index in [0.29, 0.717) is 6.20 Å². The minimum Gasteiger partial charge on any atom is -0.274 e. The summed E-state index contributed by atoms with van der Waals surface area (Å²) in [6.07, 6.45) is -2.35. The molecule has 14 heavy (non-hydrogen) atoms. The molecule has 0 aliphatic heterocycles. The number of halogens is 5. The number of hydrogen-bond donors (Lipinski definition) is 0. The highest BCUT2D eigenvalue weighted by atomic mass is 127. The molecule has 0 aliphatic rings. The second kappa shape index (κ2) is 4.43. The van der Waals surface area contributed by atoms with Crippen molar-refractivity contribution in [2.75, 3.05) is 0 Å². The van der Waals surface area contributed by atoms with E-state index < -0.39 is 23.0 Å². The molecule has 1 aromatic rings. The van der Waals surface area contributed by atoms with E-state index >= 15 is 0 Å². The number of hydrogen-bond acceptors (Lipinski definition) is 2. The van der Waals surface area contributed by atoms with Crippen LogP contribution >= 0.6 is 34.2 Å². The van der Waals surface area contributed by atoms with Gasteiger partial charge in [0.1, 0.15) is 11.5 Å². The van der Waals surface area contributed by atoms with Crippen LogP contribution in [-0.4, -0.2) is 10.2 Å². The first-order chi connectivity index (χ1) is 6.45. The fourth-order valence-corrected chi connectivity index (χ4v) is 1.77. The molecule has 0 aliphatic carbocycles. The van der Waals surface area contributed by atoms with Gasteiger partial charge in [-0.2, -0.15) is 0 Å². The standard InChI is InChI=1S/C7H2ClF3INO/c8-6(14)5-4(12)3(9)2(1-13-5)7(10)11/h1,7H. The molecule has 0 fully saturated rings. The van der Waals surface area contributed by atoms with Crippen LogP contribution in [0.5, 0.6) is 0 Å². The Bertz CT molecular complexity index is 385. The largest absolute Gasteiger partial charge is 0.274 e.